The Morgan fingerprint density at radius 2 is 1.95 bits per heavy atom. The van der Waals surface area contributed by atoms with Gasteiger partial charge in [0, 0.05) is 0 Å². The van der Waals surface area contributed by atoms with Crippen LogP contribution in [0.4, 0.5) is 14.9 Å². The Bertz CT molecular complexity index is 522. The van der Waals surface area contributed by atoms with Crippen molar-refractivity contribution in [2.24, 2.45) is 0 Å². The van der Waals surface area contributed by atoms with Gasteiger partial charge in [0.05, 0.1) is 11.6 Å². The minimum Gasteiger partial charge on any atom is -0.481 e. The largest absolute Gasteiger partial charge is 0.481 e. The van der Waals surface area contributed by atoms with Gasteiger partial charge in [-0.2, -0.15) is 0 Å². The van der Waals surface area contributed by atoms with Crippen molar-refractivity contribution in [3.63, 3.8) is 0 Å². The van der Waals surface area contributed by atoms with E-state index in [0.717, 1.165) is 6.07 Å². The number of benzene rings is 1. The first-order chi connectivity index (χ1) is 9.10. The lowest BCUT2D eigenvalue weighted by Gasteiger charge is -2.20. The third-order valence-corrected chi connectivity index (χ3v) is 2.50. The van der Waals surface area contributed by atoms with Crippen molar-refractivity contribution >= 4 is 17.7 Å². The van der Waals surface area contributed by atoms with Gasteiger partial charge in [-0.25, -0.2) is 9.18 Å². The first-order valence-electron chi connectivity index (χ1n) is 6.12. The fourth-order valence-corrected chi connectivity index (χ4v) is 1.46. The number of carboxylic acids is 1. The topological polar surface area (TPSA) is 75.6 Å². The van der Waals surface area contributed by atoms with Crippen molar-refractivity contribution in [1.29, 1.82) is 0 Å². The second-order valence-electron chi connectivity index (χ2n) is 5.43. The van der Waals surface area contributed by atoms with Crippen molar-refractivity contribution < 1.29 is 23.8 Å². The quantitative estimate of drug-likeness (QED) is 0.891. The summed E-state index contributed by atoms with van der Waals surface area (Å²) in [5.41, 5.74) is -0.415. The monoisotopic (exact) mass is 283 g/mol. The number of halogens is 1. The van der Waals surface area contributed by atoms with E-state index in [-0.39, 0.29) is 5.69 Å². The fraction of sp³-hybridized carbons (Fsp3) is 0.429. The molecule has 1 aromatic rings. The Hall–Kier alpha value is -2.11. The van der Waals surface area contributed by atoms with Crippen LogP contribution in [0.1, 0.15) is 39.2 Å². The predicted molar refractivity (Wildman–Crippen MR) is 72.3 cm³/mol. The number of nitrogens with one attached hydrogen (secondary N) is 1. The molecule has 0 spiro atoms. The molecule has 0 aliphatic heterocycles. The smallest absolute Gasteiger partial charge is 0.412 e. The Kier molecular flexibility index (Phi) is 4.70. The van der Waals surface area contributed by atoms with Gasteiger partial charge in [0.2, 0.25) is 0 Å². The third-order valence-electron chi connectivity index (χ3n) is 2.50. The number of amides is 1. The predicted octanol–water partition coefficient (Wildman–Crippen LogP) is 3.36. The van der Waals surface area contributed by atoms with E-state index >= 15 is 0 Å². The highest BCUT2D eigenvalue weighted by atomic mass is 19.1. The molecule has 1 rings (SSSR count). The summed E-state index contributed by atoms with van der Waals surface area (Å²) in [5.74, 6) is -2.48. The molecular weight excluding hydrogens is 265 g/mol. The molecule has 0 saturated carbocycles. The molecule has 1 atom stereocenters. The van der Waals surface area contributed by atoms with Crippen molar-refractivity contribution in [2.75, 3.05) is 5.32 Å². The highest BCUT2D eigenvalue weighted by molar-refractivity contribution is 5.85. The van der Waals surface area contributed by atoms with E-state index < -0.39 is 29.4 Å². The maximum Gasteiger partial charge on any atom is 0.412 e. The van der Waals surface area contributed by atoms with Crippen LogP contribution in [-0.4, -0.2) is 22.8 Å². The summed E-state index contributed by atoms with van der Waals surface area (Å²) in [4.78, 5) is 22.5. The molecule has 110 valence electrons. The summed E-state index contributed by atoms with van der Waals surface area (Å²) in [5, 5.41) is 11.2. The zero-order chi connectivity index (χ0) is 15.5. The zero-order valence-corrected chi connectivity index (χ0v) is 11.9. The number of carboxylic acid groups (broad SMARTS) is 1. The summed E-state index contributed by atoms with van der Waals surface area (Å²) in [6.07, 6.45) is -0.795. The number of hydrogen-bond donors (Lipinski definition) is 2. The van der Waals surface area contributed by atoms with E-state index in [2.05, 4.69) is 5.32 Å². The van der Waals surface area contributed by atoms with E-state index in [0.29, 0.717) is 5.56 Å². The van der Waals surface area contributed by atoms with Crippen LogP contribution in [0.2, 0.25) is 0 Å². The van der Waals surface area contributed by atoms with Crippen LogP contribution in [0, 0.1) is 5.82 Å². The van der Waals surface area contributed by atoms with Crippen LogP contribution < -0.4 is 5.32 Å². The fourth-order valence-electron chi connectivity index (χ4n) is 1.46. The minimum absolute atomic E-state index is 0.107. The molecule has 0 fully saturated rings. The minimum atomic E-state index is -1.03. The number of carbonyl (C=O) groups excluding carboxylic acids is 1. The van der Waals surface area contributed by atoms with Gasteiger partial charge in [-0.05, 0) is 45.4 Å². The first-order valence-corrected chi connectivity index (χ1v) is 6.12. The van der Waals surface area contributed by atoms with Crippen LogP contribution >= 0.6 is 0 Å². The lowest BCUT2D eigenvalue weighted by molar-refractivity contribution is -0.138. The van der Waals surface area contributed by atoms with Crippen LogP contribution in [0.5, 0.6) is 0 Å². The molecule has 1 aromatic carbocycles. The van der Waals surface area contributed by atoms with Gasteiger partial charge in [0.1, 0.15) is 11.4 Å². The second-order valence-corrected chi connectivity index (χ2v) is 5.43. The number of anilines is 1. The summed E-state index contributed by atoms with van der Waals surface area (Å²) < 4.78 is 18.6. The molecule has 6 heteroatoms. The van der Waals surface area contributed by atoms with Gasteiger partial charge in [0.15, 0.2) is 0 Å². The van der Waals surface area contributed by atoms with Crippen LogP contribution in [0.3, 0.4) is 0 Å². The molecule has 0 aromatic heterocycles. The molecule has 0 bridgehead atoms. The molecule has 5 nitrogen and oxygen atoms in total. The molecular formula is C14H18FNO4. The molecule has 0 radical (unpaired) electrons. The summed E-state index contributed by atoms with van der Waals surface area (Å²) in [6, 6.07) is 3.77. The Labute approximate surface area is 116 Å². The average Bonchev–Trinajstić information content (AvgIpc) is 2.28. The summed E-state index contributed by atoms with van der Waals surface area (Å²) in [6.45, 7) is 6.54. The Morgan fingerprint density at radius 1 is 1.35 bits per heavy atom. The average molecular weight is 283 g/mol. The van der Waals surface area contributed by atoms with Gasteiger partial charge >= 0.3 is 12.1 Å². The number of rotatable bonds is 3. The van der Waals surface area contributed by atoms with Crippen molar-refractivity contribution in [2.45, 2.75) is 39.2 Å². The highest BCUT2D eigenvalue weighted by Gasteiger charge is 2.19. The van der Waals surface area contributed by atoms with Crippen molar-refractivity contribution in [3.05, 3.63) is 29.6 Å². The van der Waals surface area contributed by atoms with Gasteiger partial charge in [-0.3, -0.25) is 10.1 Å². The van der Waals surface area contributed by atoms with E-state index in [1.165, 1.54) is 19.1 Å². The number of hydrogen-bond acceptors (Lipinski definition) is 3. The van der Waals surface area contributed by atoms with E-state index in [1.807, 2.05) is 0 Å². The molecule has 1 amide bonds. The van der Waals surface area contributed by atoms with Crippen molar-refractivity contribution in [3.8, 4) is 0 Å². The lowest BCUT2D eigenvalue weighted by Crippen LogP contribution is -2.27. The zero-order valence-electron chi connectivity index (χ0n) is 11.9. The van der Waals surface area contributed by atoms with Gasteiger partial charge in [-0.15, -0.1) is 0 Å². The van der Waals surface area contributed by atoms with Crippen molar-refractivity contribution in [1.82, 2.24) is 0 Å². The molecule has 0 saturated heterocycles. The normalized spacial score (nSPS) is 12.7. The molecule has 20 heavy (non-hydrogen) atoms. The summed E-state index contributed by atoms with van der Waals surface area (Å²) >= 11 is 0. The van der Waals surface area contributed by atoms with Gasteiger partial charge in [-0.1, -0.05) is 6.07 Å². The standard InChI is InChI=1S/C14H18FNO4/c1-8(12(17)18)9-5-6-10(15)11(7-9)16-13(19)20-14(2,3)4/h5-8H,1-4H3,(H,16,19)(H,17,18). The molecule has 0 aliphatic carbocycles. The van der Waals surface area contributed by atoms with E-state index in [1.54, 1.807) is 20.8 Å². The van der Waals surface area contributed by atoms with E-state index in [4.69, 9.17) is 9.84 Å². The highest BCUT2D eigenvalue weighted by Crippen LogP contribution is 2.23. The lowest BCUT2D eigenvalue weighted by atomic mass is 10.0. The first kappa shape index (κ1) is 15.9. The maximum absolute atomic E-state index is 13.6. The Morgan fingerprint density at radius 3 is 2.45 bits per heavy atom. The third kappa shape index (κ3) is 4.53. The maximum atomic E-state index is 13.6. The van der Waals surface area contributed by atoms with E-state index in [9.17, 15) is 14.0 Å². The van der Waals surface area contributed by atoms with Crippen LogP contribution in [0.15, 0.2) is 18.2 Å². The summed E-state index contributed by atoms with van der Waals surface area (Å²) in [7, 11) is 0. The van der Waals surface area contributed by atoms with Gasteiger partial charge < -0.3 is 9.84 Å². The molecule has 0 heterocycles. The number of carbonyl (C=O) groups is 2. The van der Waals surface area contributed by atoms with Crippen LogP contribution in [0.25, 0.3) is 0 Å². The van der Waals surface area contributed by atoms with Crippen LogP contribution in [-0.2, 0) is 9.53 Å². The SMILES string of the molecule is CC(C(=O)O)c1ccc(F)c(NC(=O)OC(C)(C)C)c1. The molecule has 0 aliphatic rings. The number of ether oxygens (including phenoxy) is 1. The van der Waals surface area contributed by atoms with Gasteiger partial charge in [0.25, 0.3) is 0 Å². The Balaban J connectivity index is 2.92. The molecule has 2 N–H and O–H groups in total. The molecule has 1 unspecified atom stereocenters. The number of aliphatic carboxylic acids is 1. The second kappa shape index (κ2) is 5.90.